The smallest absolute Gasteiger partial charge is 0.383 e. The van der Waals surface area contributed by atoms with Crippen molar-refractivity contribution in [3.05, 3.63) is 46.4 Å². The average molecular weight is 361 g/mol. The molecule has 1 N–H and O–H groups in total. The molecule has 23 heavy (non-hydrogen) atoms. The number of nitrogens with zero attached hydrogens (tertiary/aromatic N) is 1. The van der Waals surface area contributed by atoms with Gasteiger partial charge in [0.2, 0.25) is 0 Å². The van der Waals surface area contributed by atoms with Crippen molar-refractivity contribution in [2.45, 2.75) is 37.4 Å². The largest absolute Gasteiger partial charge is 0.416 e. The molecule has 0 spiro atoms. The zero-order valence-electron chi connectivity index (χ0n) is 13.0. The summed E-state index contributed by atoms with van der Waals surface area (Å²) in [5.41, 5.74) is -0.693. The quantitative estimate of drug-likeness (QED) is 0.761. The van der Waals surface area contributed by atoms with Crippen molar-refractivity contribution in [2.24, 2.45) is 5.41 Å². The van der Waals surface area contributed by atoms with Crippen LogP contribution in [0.4, 0.5) is 13.2 Å². The number of hydrogen-bond donors (Lipinski definition) is 1. The van der Waals surface area contributed by atoms with Crippen molar-refractivity contribution < 1.29 is 18.3 Å². The molecule has 0 aliphatic heterocycles. The second-order valence-corrected chi connectivity index (χ2v) is 8.23. The molecule has 0 aliphatic rings. The lowest BCUT2D eigenvalue weighted by molar-refractivity contribution is -0.137. The van der Waals surface area contributed by atoms with Gasteiger partial charge >= 0.3 is 6.18 Å². The highest BCUT2D eigenvalue weighted by molar-refractivity contribution is 7.99. The first-order valence-corrected chi connectivity index (χ1v) is 8.82. The fraction of sp³-hybridized carbons (Fsp3) is 0.438. The molecule has 1 aromatic carbocycles. The molecule has 7 heteroatoms. The van der Waals surface area contributed by atoms with Gasteiger partial charge in [0, 0.05) is 16.8 Å². The van der Waals surface area contributed by atoms with Crippen LogP contribution in [0.2, 0.25) is 0 Å². The molecule has 2 nitrogen and oxygen atoms in total. The fourth-order valence-corrected chi connectivity index (χ4v) is 4.40. The van der Waals surface area contributed by atoms with E-state index in [1.54, 1.807) is 17.8 Å². The first-order valence-electron chi connectivity index (χ1n) is 6.95. The molecule has 1 aromatic heterocycles. The van der Waals surface area contributed by atoms with Crippen LogP contribution in [0.15, 0.2) is 40.9 Å². The van der Waals surface area contributed by atoms with Crippen LogP contribution in [0.5, 0.6) is 0 Å². The van der Waals surface area contributed by atoms with Crippen LogP contribution in [-0.4, -0.2) is 15.8 Å². The maximum atomic E-state index is 12.8. The lowest BCUT2D eigenvalue weighted by atomic mass is 9.77. The molecular formula is C16H18F3NOS2. The van der Waals surface area contributed by atoms with Crippen LogP contribution in [0, 0.1) is 5.41 Å². The molecule has 0 aliphatic carbocycles. The van der Waals surface area contributed by atoms with Gasteiger partial charge in [0.15, 0.2) is 0 Å². The van der Waals surface area contributed by atoms with E-state index in [0.29, 0.717) is 9.77 Å². The SMILES string of the molecule is CC(C)(C)C(O)(CSc1cccc(C(F)(F)F)c1)c1cncs1. The summed E-state index contributed by atoms with van der Waals surface area (Å²) >= 11 is 2.56. The van der Waals surface area contributed by atoms with E-state index < -0.39 is 22.8 Å². The normalized spacial score (nSPS) is 15.4. The minimum absolute atomic E-state index is 0.250. The van der Waals surface area contributed by atoms with E-state index in [9.17, 15) is 18.3 Å². The predicted molar refractivity (Wildman–Crippen MR) is 87.6 cm³/mol. The van der Waals surface area contributed by atoms with Gasteiger partial charge in [0.1, 0.15) is 5.60 Å². The molecule has 0 bridgehead atoms. The Labute approximate surface area is 141 Å². The number of rotatable bonds is 4. The van der Waals surface area contributed by atoms with Crippen molar-refractivity contribution in [2.75, 3.05) is 5.75 Å². The summed E-state index contributed by atoms with van der Waals surface area (Å²) < 4.78 is 38.4. The molecule has 0 radical (unpaired) electrons. The minimum atomic E-state index is -4.37. The van der Waals surface area contributed by atoms with Gasteiger partial charge in [-0.25, -0.2) is 0 Å². The van der Waals surface area contributed by atoms with Crippen LogP contribution in [0.3, 0.4) is 0 Å². The summed E-state index contributed by atoms with van der Waals surface area (Å²) in [5.74, 6) is 0.250. The van der Waals surface area contributed by atoms with E-state index >= 15 is 0 Å². The summed E-state index contributed by atoms with van der Waals surface area (Å²) in [6.07, 6.45) is -2.75. The highest BCUT2D eigenvalue weighted by atomic mass is 32.2. The number of thioether (sulfide) groups is 1. The van der Waals surface area contributed by atoms with E-state index in [2.05, 4.69) is 4.98 Å². The summed E-state index contributed by atoms with van der Waals surface area (Å²) in [6.45, 7) is 5.71. The van der Waals surface area contributed by atoms with Crippen molar-refractivity contribution in [1.82, 2.24) is 4.98 Å². The van der Waals surface area contributed by atoms with E-state index in [-0.39, 0.29) is 5.75 Å². The highest BCUT2D eigenvalue weighted by Gasteiger charge is 2.43. The first kappa shape index (κ1) is 18.3. The van der Waals surface area contributed by atoms with E-state index in [4.69, 9.17) is 0 Å². The van der Waals surface area contributed by atoms with Gasteiger partial charge < -0.3 is 5.11 Å². The van der Waals surface area contributed by atoms with Crippen LogP contribution in [-0.2, 0) is 11.8 Å². The van der Waals surface area contributed by atoms with Crippen molar-refractivity contribution in [1.29, 1.82) is 0 Å². The predicted octanol–water partition coefficient (Wildman–Crippen LogP) is 5.19. The van der Waals surface area contributed by atoms with E-state index in [1.165, 1.54) is 29.2 Å². The second-order valence-electron chi connectivity index (χ2n) is 6.29. The Morgan fingerprint density at radius 2 is 1.91 bits per heavy atom. The molecular weight excluding hydrogens is 343 g/mol. The fourth-order valence-electron chi connectivity index (χ4n) is 2.03. The Morgan fingerprint density at radius 1 is 1.22 bits per heavy atom. The topological polar surface area (TPSA) is 33.1 Å². The number of hydrogen-bond acceptors (Lipinski definition) is 4. The van der Waals surface area contributed by atoms with Crippen molar-refractivity contribution in [3.63, 3.8) is 0 Å². The molecule has 2 rings (SSSR count). The number of benzene rings is 1. The molecule has 0 fully saturated rings. The Hall–Kier alpha value is -1.05. The molecule has 2 aromatic rings. The van der Waals surface area contributed by atoms with E-state index in [1.807, 2.05) is 20.8 Å². The Balaban J connectivity index is 2.24. The zero-order chi connectivity index (χ0) is 17.3. The summed E-state index contributed by atoms with van der Waals surface area (Å²) in [6, 6.07) is 5.16. The Morgan fingerprint density at radius 3 is 2.43 bits per heavy atom. The second kappa shape index (κ2) is 6.45. The monoisotopic (exact) mass is 361 g/mol. The number of aromatic nitrogens is 1. The molecule has 126 valence electrons. The maximum absolute atomic E-state index is 12.8. The number of alkyl halides is 3. The molecule has 1 heterocycles. The van der Waals surface area contributed by atoms with Gasteiger partial charge in [-0.3, -0.25) is 4.98 Å². The number of aliphatic hydroxyl groups is 1. The molecule has 1 atom stereocenters. The number of halogens is 3. The third-order valence-corrected chi connectivity index (χ3v) is 5.76. The number of thiazole rings is 1. The van der Waals surface area contributed by atoms with Gasteiger partial charge in [-0.15, -0.1) is 23.1 Å². The van der Waals surface area contributed by atoms with Crippen LogP contribution in [0.25, 0.3) is 0 Å². The molecule has 0 saturated carbocycles. The lowest BCUT2D eigenvalue weighted by Gasteiger charge is -2.39. The van der Waals surface area contributed by atoms with Crippen LogP contribution >= 0.6 is 23.1 Å². The maximum Gasteiger partial charge on any atom is 0.416 e. The summed E-state index contributed by atoms with van der Waals surface area (Å²) in [5, 5.41) is 11.1. The Bertz CT molecular complexity index is 650. The van der Waals surface area contributed by atoms with E-state index in [0.717, 1.165) is 12.1 Å². The van der Waals surface area contributed by atoms with Crippen molar-refractivity contribution in [3.8, 4) is 0 Å². The van der Waals surface area contributed by atoms with Gasteiger partial charge in [0.05, 0.1) is 16.0 Å². The zero-order valence-corrected chi connectivity index (χ0v) is 14.6. The molecule has 0 saturated heterocycles. The third-order valence-electron chi connectivity index (χ3n) is 3.69. The van der Waals surface area contributed by atoms with Gasteiger partial charge in [-0.2, -0.15) is 13.2 Å². The van der Waals surface area contributed by atoms with Gasteiger partial charge in [-0.05, 0) is 23.6 Å². The minimum Gasteiger partial charge on any atom is -0.383 e. The standard InChI is InChI=1S/C16H18F3NOS2/c1-14(2,3)15(21,13-8-20-10-23-13)9-22-12-6-4-5-11(7-12)16(17,18)19/h4-8,10,21H,9H2,1-3H3. The molecule has 1 unspecified atom stereocenters. The average Bonchev–Trinajstić information content (AvgIpc) is 2.97. The van der Waals surface area contributed by atoms with Crippen LogP contribution in [0.1, 0.15) is 31.2 Å². The van der Waals surface area contributed by atoms with Crippen molar-refractivity contribution >= 4 is 23.1 Å². The lowest BCUT2D eigenvalue weighted by Crippen LogP contribution is -2.41. The summed E-state index contributed by atoms with van der Waals surface area (Å²) in [7, 11) is 0. The van der Waals surface area contributed by atoms with Gasteiger partial charge in [-0.1, -0.05) is 26.8 Å². The first-order chi connectivity index (χ1) is 10.5. The van der Waals surface area contributed by atoms with Gasteiger partial charge in [0.25, 0.3) is 0 Å². The molecule has 0 amide bonds. The summed E-state index contributed by atoms with van der Waals surface area (Å²) in [4.78, 5) is 5.19. The highest BCUT2D eigenvalue weighted by Crippen LogP contribution is 2.44. The Kier molecular flexibility index (Phi) is 5.13. The third kappa shape index (κ3) is 4.08. The van der Waals surface area contributed by atoms with Crippen LogP contribution < -0.4 is 0 Å².